The molecule has 0 radical (unpaired) electrons. The van der Waals surface area contributed by atoms with E-state index in [9.17, 15) is 13.6 Å². The number of hydrogen-bond acceptors (Lipinski definition) is 4. The lowest BCUT2D eigenvalue weighted by molar-refractivity contribution is -0.143. The number of piperidine rings is 1. The number of benzene rings is 1. The third kappa shape index (κ3) is 4.29. The molecule has 2 rings (SSSR count). The molecule has 21 heavy (non-hydrogen) atoms. The summed E-state index contributed by atoms with van der Waals surface area (Å²) in [5, 5.41) is 8.95. The molecule has 1 aliphatic heterocycles. The van der Waals surface area contributed by atoms with Gasteiger partial charge in [-0.3, -0.25) is 9.69 Å². The molecule has 7 heteroatoms. The summed E-state index contributed by atoms with van der Waals surface area (Å²) in [6.45, 7) is -1.22. The molecule has 1 aromatic carbocycles. The lowest BCUT2D eigenvalue weighted by atomic mass is 9.97. The average Bonchev–Trinajstić information content (AvgIpc) is 2.42. The SMILES string of the molecule is Nc1ccc(CN2CCC(C(=O)O)CC2)c(OC(F)F)c1. The van der Waals surface area contributed by atoms with Crippen LogP contribution in [0.2, 0.25) is 0 Å². The van der Waals surface area contributed by atoms with E-state index in [-0.39, 0.29) is 11.7 Å². The topological polar surface area (TPSA) is 75.8 Å². The molecule has 1 aliphatic rings. The molecular weight excluding hydrogens is 282 g/mol. The number of nitrogen functional groups attached to an aromatic ring is 1. The van der Waals surface area contributed by atoms with Gasteiger partial charge in [-0.05, 0) is 32.0 Å². The van der Waals surface area contributed by atoms with E-state index in [1.807, 2.05) is 4.90 Å². The van der Waals surface area contributed by atoms with E-state index in [1.54, 1.807) is 12.1 Å². The highest BCUT2D eigenvalue weighted by Crippen LogP contribution is 2.27. The Bertz CT molecular complexity index is 503. The number of aliphatic carboxylic acids is 1. The van der Waals surface area contributed by atoms with Crippen LogP contribution in [-0.2, 0) is 11.3 Å². The van der Waals surface area contributed by atoms with E-state index < -0.39 is 12.6 Å². The molecule has 0 unspecified atom stereocenters. The highest BCUT2D eigenvalue weighted by Gasteiger charge is 2.25. The van der Waals surface area contributed by atoms with Crippen molar-refractivity contribution >= 4 is 11.7 Å². The molecule has 1 aromatic rings. The second-order valence-corrected chi connectivity index (χ2v) is 5.13. The molecule has 0 amide bonds. The number of hydrogen-bond donors (Lipinski definition) is 2. The number of nitrogens with two attached hydrogens (primary N) is 1. The quantitative estimate of drug-likeness (QED) is 0.815. The molecule has 0 aliphatic carbocycles. The smallest absolute Gasteiger partial charge is 0.387 e. The largest absolute Gasteiger partial charge is 0.481 e. The maximum Gasteiger partial charge on any atom is 0.387 e. The van der Waals surface area contributed by atoms with Gasteiger partial charge in [0.15, 0.2) is 0 Å². The number of likely N-dealkylation sites (tertiary alicyclic amines) is 1. The van der Waals surface area contributed by atoms with Crippen molar-refractivity contribution in [3.8, 4) is 5.75 Å². The molecule has 116 valence electrons. The lowest BCUT2D eigenvalue weighted by Crippen LogP contribution is -2.35. The van der Waals surface area contributed by atoms with Gasteiger partial charge in [-0.25, -0.2) is 0 Å². The van der Waals surface area contributed by atoms with Crippen LogP contribution >= 0.6 is 0 Å². The van der Waals surface area contributed by atoms with E-state index in [0.717, 1.165) is 0 Å². The van der Waals surface area contributed by atoms with Crippen LogP contribution in [0.15, 0.2) is 18.2 Å². The number of carboxylic acids is 1. The zero-order valence-electron chi connectivity index (χ0n) is 11.5. The van der Waals surface area contributed by atoms with Gasteiger partial charge < -0.3 is 15.6 Å². The number of carbonyl (C=O) groups is 1. The Balaban J connectivity index is 2.01. The highest BCUT2D eigenvalue weighted by atomic mass is 19.3. The van der Waals surface area contributed by atoms with Crippen LogP contribution < -0.4 is 10.5 Å². The van der Waals surface area contributed by atoms with Crippen molar-refractivity contribution in [2.45, 2.75) is 26.0 Å². The Kier molecular flexibility index (Phi) is 4.95. The van der Waals surface area contributed by atoms with Gasteiger partial charge in [-0.1, -0.05) is 6.07 Å². The number of ether oxygens (including phenoxy) is 1. The predicted octanol–water partition coefficient (Wildman–Crippen LogP) is 2.17. The Morgan fingerprint density at radius 2 is 2.10 bits per heavy atom. The molecule has 0 atom stereocenters. The van der Waals surface area contributed by atoms with Gasteiger partial charge in [0, 0.05) is 23.9 Å². The monoisotopic (exact) mass is 300 g/mol. The molecule has 1 heterocycles. The zero-order valence-corrected chi connectivity index (χ0v) is 11.5. The minimum Gasteiger partial charge on any atom is -0.481 e. The predicted molar refractivity (Wildman–Crippen MR) is 73.1 cm³/mol. The Morgan fingerprint density at radius 1 is 1.43 bits per heavy atom. The van der Waals surface area contributed by atoms with Gasteiger partial charge >= 0.3 is 12.6 Å². The molecule has 0 bridgehead atoms. The molecule has 5 nitrogen and oxygen atoms in total. The first-order valence-electron chi connectivity index (χ1n) is 6.74. The van der Waals surface area contributed by atoms with Gasteiger partial charge in [-0.15, -0.1) is 0 Å². The van der Waals surface area contributed by atoms with E-state index in [0.29, 0.717) is 43.7 Å². The molecule has 0 spiro atoms. The Hall–Kier alpha value is -1.89. The van der Waals surface area contributed by atoms with E-state index in [2.05, 4.69) is 4.74 Å². The number of carboxylic acid groups (broad SMARTS) is 1. The molecule has 1 saturated heterocycles. The van der Waals surface area contributed by atoms with E-state index in [4.69, 9.17) is 10.8 Å². The number of nitrogens with zero attached hydrogens (tertiary/aromatic N) is 1. The van der Waals surface area contributed by atoms with Crippen LogP contribution in [0.25, 0.3) is 0 Å². The molecule has 0 saturated carbocycles. The summed E-state index contributed by atoms with van der Waals surface area (Å²) < 4.78 is 29.3. The van der Waals surface area contributed by atoms with Crippen molar-refractivity contribution in [3.05, 3.63) is 23.8 Å². The summed E-state index contributed by atoms with van der Waals surface area (Å²) in [6, 6.07) is 4.68. The standard InChI is InChI=1S/C14H18F2N2O3/c15-14(16)21-12-7-11(17)2-1-10(12)8-18-5-3-9(4-6-18)13(19)20/h1-2,7,9,14H,3-6,8,17H2,(H,19,20). The second-order valence-electron chi connectivity index (χ2n) is 5.13. The van der Waals surface area contributed by atoms with Crippen molar-refractivity contribution < 1.29 is 23.4 Å². The maximum atomic E-state index is 12.4. The first kappa shape index (κ1) is 15.5. The van der Waals surface area contributed by atoms with Crippen molar-refractivity contribution in [3.63, 3.8) is 0 Å². The summed E-state index contributed by atoms with van der Waals surface area (Å²) in [7, 11) is 0. The highest BCUT2D eigenvalue weighted by molar-refractivity contribution is 5.70. The van der Waals surface area contributed by atoms with Gasteiger partial charge in [-0.2, -0.15) is 8.78 Å². The maximum absolute atomic E-state index is 12.4. The number of halogens is 2. The van der Waals surface area contributed by atoms with Crippen molar-refractivity contribution in [1.82, 2.24) is 4.90 Å². The minimum absolute atomic E-state index is 0.0744. The van der Waals surface area contributed by atoms with Crippen LogP contribution in [0.5, 0.6) is 5.75 Å². The first-order chi connectivity index (χ1) is 9.95. The van der Waals surface area contributed by atoms with Gasteiger partial charge in [0.2, 0.25) is 0 Å². The summed E-state index contributed by atoms with van der Waals surface area (Å²) in [4.78, 5) is 12.9. The summed E-state index contributed by atoms with van der Waals surface area (Å²) in [5.74, 6) is -1.02. The van der Waals surface area contributed by atoms with E-state index in [1.165, 1.54) is 6.07 Å². The van der Waals surface area contributed by atoms with Crippen LogP contribution in [-0.4, -0.2) is 35.7 Å². The van der Waals surface area contributed by atoms with Gasteiger partial charge in [0.05, 0.1) is 5.92 Å². The molecule has 3 N–H and O–H groups in total. The Morgan fingerprint density at radius 3 is 2.67 bits per heavy atom. The summed E-state index contributed by atoms with van der Waals surface area (Å²) >= 11 is 0. The number of rotatable bonds is 5. The van der Waals surface area contributed by atoms with E-state index >= 15 is 0 Å². The first-order valence-corrected chi connectivity index (χ1v) is 6.74. The van der Waals surface area contributed by atoms with Crippen LogP contribution in [0.3, 0.4) is 0 Å². The number of alkyl halides is 2. The summed E-state index contributed by atoms with van der Waals surface area (Å²) in [6.07, 6.45) is 1.13. The fraction of sp³-hybridized carbons (Fsp3) is 0.500. The Labute approximate surface area is 121 Å². The van der Waals surface area contributed by atoms with Crippen molar-refractivity contribution in [1.29, 1.82) is 0 Å². The third-order valence-electron chi connectivity index (χ3n) is 3.64. The number of anilines is 1. The van der Waals surface area contributed by atoms with Gasteiger partial charge in [0.1, 0.15) is 5.75 Å². The minimum atomic E-state index is -2.90. The van der Waals surface area contributed by atoms with Crippen LogP contribution in [0, 0.1) is 5.92 Å². The fourth-order valence-electron chi connectivity index (χ4n) is 2.49. The molecular formula is C14H18F2N2O3. The van der Waals surface area contributed by atoms with Gasteiger partial charge in [0.25, 0.3) is 0 Å². The zero-order chi connectivity index (χ0) is 15.4. The normalized spacial score (nSPS) is 17.1. The van der Waals surface area contributed by atoms with Crippen LogP contribution in [0.1, 0.15) is 18.4 Å². The molecule has 1 fully saturated rings. The van der Waals surface area contributed by atoms with Crippen LogP contribution in [0.4, 0.5) is 14.5 Å². The molecule has 0 aromatic heterocycles. The summed E-state index contributed by atoms with van der Waals surface area (Å²) in [5.41, 5.74) is 6.57. The second kappa shape index (κ2) is 6.71. The average molecular weight is 300 g/mol. The van der Waals surface area contributed by atoms with Crippen molar-refractivity contribution in [2.24, 2.45) is 5.92 Å². The van der Waals surface area contributed by atoms with Crippen molar-refractivity contribution in [2.75, 3.05) is 18.8 Å². The third-order valence-corrected chi connectivity index (χ3v) is 3.64. The lowest BCUT2D eigenvalue weighted by Gasteiger charge is -2.30. The fourth-order valence-corrected chi connectivity index (χ4v) is 2.49.